The average molecular weight is 394 g/mol. The monoisotopic (exact) mass is 394 g/mol. The maximum Gasteiger partial charge on any atom is 0.485 e. The van der Waals surface area contributed by atoms with Gasteiger partial charge in [-0.1, -0.05) is 30.3 Å². The molecule has 0 saturated carbocycles. The molecule has 9 heteroatoms. The lowest BCUT2D eigenvalue weighted by Gasteiger charge is -2.08. The molecule has 1 fully saturated rings. The van der Waals surface area contributed by atoms with Gasteiger partial charge in [-0.25, -0.2) is 8.42 Å². The highest BCUT2D eigenvalue weighted by Crippen LogP contribution is 2.30. The summed E-state index contributed by atoms with van der Waals surface area (Å²) in [5.41, 5.74) is -5.65. The first-order chi connectivity index (χ1) is 11.6. The summed E-state index contributed by atoms with van der Waals surface area (Å²) in [7, 11) is -3.88. The van der Waals surface area contributed by atoms with Crippen LogP contribution in [0.15, 0.2) is 47.4 Å². The Bertz CT molecular complexity index is 816. The lowest BCUT2D eigenvalue weighted by Crippen LogP contribution is -2.21. The third-order valence-corrected chi connectivity index (χ3v) is 6.80. The van der Waals surface area contributed by atoms with Gasteiger partial charge in [0.2, 0.25) is 0 Å². The fourth-order valence-electron chi connectivity index (χ4n) is 2.50. The number of methoxy groups -OCH3 is 1. The number of ether oxygens (including phenoxy) is 1. The third kappa shape index (κ3) is 5.10. The van der Waals surface area contributed by atoms with E-state index in [1.54, 1.807) is 0 Å². The van der Waals surface area contributed by atoms with Crippen molar-refractivity contribution in [3.05, 3.63) is 42.5 Å². The summed E-state index contributed by atoms with van der Waals surface area (Å²) in [6, 6.07) is 15.4. The Morgan fingerprint density at radius 2 is 1.76 bits per heavy atom. The van der Waals surface area contributed by atoms with Crippen LogP contribution < -0.4 is 0 Å². The molecule has 3 rings (SSSR count). The van der Waals surface area contributed by atoms with Crippen LogP contribution in [-0.4, -0.2) is 43.2 Å². The Hall–Kier alpha value is -1.29. The maximum absolute atomic E-state index is 10.7. The fraction of sp³-hybridized carbons (Fsp3) is 0.375. The van der Waals surface area contributed by atoms with Gasteiger partial charge >= 0.3 is 5.51 Å². The molecule has 2 atom stereocenters. The van der Waals surface area contributed by atoms with E-state index in [0.29, 0.717) is 17.0 Å². The first-order valence-corrected chi connectivity index (χ1v) is 10.3. The van der Waals surface area contributed by atoms with E-state index >= 15 is 0 Å². The second-order valence-electron chi connectivity index (χ2n) is 5.39. The van der Waals surface area contributed by atoms with Crippen molar-refractivity contribution in [1.82, 2.24) is 0 Å². The van der Waals surface area contributed by atoms with E-state index in [-0.39, 0.29) is 0 Å². The number of hydrogen-bond acceptors (Lipinski definition) is 4. The molecule has 0 N–H and O–H groups in total. The average Bonchev–Trinajstić information content (AvgIpc) is 3.02. The minimum Gasteiger partial charge on any atom is -0.741 e. The first-order valence-electron chi connectivity index (χ1n) is 7.33. The summed E-state index contributed by atoms with van der Waals surface area (Å²) in [5.74, 6) is 2.48. The van der Waals surface area contributed by atoms with Crippen molar-refractivity contribution < 1.29 is 30.9 Å². The number of hydrogen-bond donors (Lipinski definition) is 0. The summed E-state index contributed by atoms with van der Waals surface area (Å²) >= 11 is 0. The van der Waals surface area contributed by atoms with Crippen LogP contribution in [0.5, 0.6) is 0 Å². The van der Waals surface area contributed by atoms with Crippen molar-refractivity contribution in [3.63, 3.8) is 0 Å². The van der Waals surface area contributed by atoms with Crippen LogP contribution in [0, 0.1) is 0 Å². The van der Waals surface area contributed by atoms with Crippen LogP contribution in [0.25, 0.3) is 10.8 Å². The molecule has 0 radical (unpaired) electrons. The van der Waals surface area contributed by atoms with Gasteiger partial charge < -0.3 is 9.29 Å². The molecule has 1 saturated heterocycles. The minimum atomic E-state index is -6.09. The van der Waals surface area contributed by atoms with Gasteiger partial charge in [0.25, 0.3) is 0 Å². The Morgan fingerprint density at radius 1 is 1.16 bits per heavy atom. The molecular formula is C16H17F3O4S2. The van der Waals surface area contributed by atoms with Gasteiger partial charge in [0.15, 0.2) is 15.0 Å². The van der Waals surface area contributed by atoms with Crippen molar-refractivity contribution in [1.29, 1.82) is 0 Å². The molecular weight excluding hydrogens is 377 g/mol. The van der Waals surface area contributed by atoms with Gasteiger partial charge in [0, 0.05) is 29.8 Å². The largest absolute Gasteiger partial charge is 0.741 e. The van der Waals surface area contributed by atoms with Gasteiger partial charge in [-0.2, -0.15) is 13.2 Å². The highest BCUT2D eigenvalue weighted by Gasteiger charge is 2.37. The van der Waals surface area contributed by atoms with Crippen LogP contribution in [0.1, 0.15) is 6.42 Å². The number of rotatable bonds is 2. The molecule has 0 spiro atoms. The quantitative estimate of drug-likeness (QED) is 0.445. The van der Waals surface area contributed by atoms with Gasteiger partial charge in [0.05, 0.1) is 0 Å². The number of alkyl halides is 3. The molecule has 2 aromatic rings. The van der Waals surface area contributed by atoms with Crippen LogP contribution in [0.2, 0.25) is 0 Å². The van der Waals surface area contributed by atoms with Crippen molar-refractivity contribution >= 4 is 31.8 Å². The molecule has 1 heterocycles. The predicted molar refractivity (Wildman–Crippen MR) is 90.5 cm³/mol. The first kappa shape index (κ1) is 20.0. The Kier molecular flexibility index (Phi) is 6.36. The number of halogens is 3. The molecule has 4 nitrogen and oxygen atoms in total. The molecule has 0 aliphatic carbocycles. The van der Waals surface area contributed by atoms with E-state index in [4.69, 9.17) is 17.7 Å². The normalized spacial score (nSPS) is 21.0. The number of benzene rings is 2. The molecule has 2 unspecified atom stereocenters. The van der Waals surface area contributed by atoms with Crippen LogP contribution in [0.3, 0.4) is 0 Å². The molecule has 2 aromatic carbocycles. The highest BCUT2D eigenvalue weighted by atomic mass is 32.2. The Morgan fingerprint density at radius 3 is 2.32 bits per heavy atom. The lowest BCUT2D eigenvalue weighted by molar-refractivity contribution is -0.0517. The zero-order valence-corrected chi connectivity index (χ0v) is 15.0. The highest BCUT2D eigenvalue weighted by molar-refractivity contribution is 7.97. The second-order valence-corrected chi connectivity index (χ2v) is 8.93. The van der Waals surface area contributed by atoms with Gasteiger partial charge in [-0.15, -0.1) is 0 Å². The zero-order valence-electron chi connectivity index (χ0n) is 13.3. The van der Waals surface area contributed by atoms with E-state index in [1.165, 1.54) is 33.6 Å². The van der Waals surface area contributed by atoms with Crippen molar-refractivity contribution in [3.8, 4) is 0 Å². The van der Waals surface area contributed by atoms with Crippen LogP contribution >= 0.6 is 0 Å². The topological polar surface area (TPSA) is 66.4 Å². The zero-order chi connectivity index (χ0) is 18.7. The summed E-state index contributed by atoms with van der Waals surface area (Å²) in [6.45, 7) is 0. The molecule has 25 heavy (non-hydrogen) atoms. The summed E-state index contributed by atoms with van der Waals surface area (Å²) in [4.78, 5) is 1.53. The predicted octanol–water partition coefficient (Wildman–Crippen LogP) is 3.29. The SMILES string of the molecule is COC1CC[S+](c2cccc3ccccc23)C1.O=S(=O)([O-])C(F)(F)F. The van der Waals surface area contributed by atoms with Crippen molar-refractivity contribution in [2.24, 2.45) is 0 Å². The third-order valence-electron chi connectivity index (χ3n) is 3.75. The van der Waals surface area contributed by atoms with Crippen molar-refractivity contribution in [2.45, 2.75) is 22.9 Å². The van der Waals surface area contributed by atoms with Crippen LogP contribution in [0.4, 0.5) is 13.2 Å². The standard InChI is InChI=1S/C15H17OS.CHF3O3S/c1-16-13-9-10-17(11-13)15-8-4-6-12-5-2-3-7-14(12)15;2-1(3,4)8(5,6)7/h2-8,13H,9-11H2,1H3;(H,5,6,7)/q+1;/p-1. The summed E-state index contributed by atoms with van der Waals surface area (Å²) < 4.78 is 64.4. The molecule has 1 aliphatic rings. The fourth-order valence-corrected chi connectivity index (χ4v) is 5.13. The van der Waals surface area contributed by atoms with Crippen molar-refractivity contribution in [2.75, 3.05) is 18.6 Å². The molecule has 138 valence electrons. The summed E-state index contributed by atoms with van der Waals surface area (Å²) in [5, 5.41) is 2.79. The lowest BCUT2D eigenvalue weighted by atomic mass is 10.1. The van der Waals surface area contributed by atoms with E-state index in [0.717, 1.165) is 0 Å². The van der Waals surface area contributed by atoms with Gasteiger partial charge in [0.1, 0.15) is 17.6 Å². The maximum atomic E-state index is 10.7. The second kappa shape index (κ2) is 7.94. The Labute approximate surface area is 147 Å². The van der Waals surface area contributed by atoms with Crippen LogP contribution in [-0.2, 0) is 25.7 Å². The minimum absolute atomic E-state index is 0.380. The molecule has 1 aliphatic heterocycles. The smallest absolute Gasteiger partial charge is 0.485 e. The molecule has 0 aromatic heterocycles. The molecule has 0 amide bonds. The van der Waals surface area contributed by atoms with Gasteiger partial charge in [-0.05, 0) is 17.5 Å². The van der Waals surface area contributed by atoms with E-state index in [2.05, 4.69) is 42.5 Å². The van der Waals surface area contributed by atoms with E-state index in [9.17, 15) is 13.2 Å². The van der Waals surface area contributed by atoms with Gasteiger partial charge in [-0.3, -0.25) is 0 Å². The Balaban J connectivity index is 0.000000242. The number of fused-ring (bicyclic) bond motifs is 1. The van der Waals surface area contributed by atoms with E-state index < -0.39 is 15.6 Å². The van der Waals surface area contributed by atoms with E-state index in [1.807, 2.05) is 7.11 Å². The molecule has 0 bridgehead atoms. The summed E-state index contributed by atoms with van der Waals surface area (Å²) in [6.07, 6.45) is 1.68.